The number of nitrogens with zero attached hydrogens (tertiary/aromatic N) is 2. The molecule has 0 saturated heterocycles. The summed E-state index contributed by atoms with van der Waals surface area (Å²) < 4.78 is 0. The van der Waals surface area contributed by atoms with E-state index < -0.39 is 10.2 Å². The number of aromatic nitrogens is 2. The topological polar surface area (TPSA) is 118 Å². The third-order valence-corrected chi connectivity index (χ3v) is 7.31. The average Bonchev–Trinajstić information content (AvgIpc) is 3.08. The maximum absolute atomic E-state index is 12.6. The van der Waals surface area contributed by atoms with Crippen molar-refractivity contribution in [2.24, 2.45) is 0 Å². The first-order valence-electron chi connectivity index (χ1n) is 9.60. The van der Waals surface area contributed by atoms with Gasteiger partial charge >= 0.3 is 0 Å². The molecule has 3 aromatic rings. The number of hydrogen-bond acceptors (Lipinski definition) is 7. The summed E-state index contributed by atoms with van der Waals surface area (Å²) >= 11 is 2.75. The second-order valence-corrected chi connectivity index (χ2v) is 9.68. The van der Waals surface area contributed by atoms with Crippen LogP contribution in [-0.4, -0.2) is 26.0 Å². The van der Waals surface area contributed by atoms with Crippen LogP contribution < -0.4 is 10.9 Å². The molecule has 2 heterocycles. The average molecular weight is 445 g/mol. The van der Waals surface area contributed by atoms with Crippen LogP contribution in [0.4, 0.5) is 11.4 Å². The van der Waals surface area contributed by atoms with Crippen molar-refractivity contribution in [3.8, 4) is 0 Å². The molecule has 1 atom stereocenters. The summed E-state index contributed by atoms with van der Waals surface area (Å²) in [4.78, 5) is 45.0. The number of non-ortho nitro benzene ring substituents is 1. The fourth-order valence-corrected chi connectivity index (χ4v) is 5.67. The predicted octanol–water partition coefficient (Wildman–Crippen LogP) is 4.20. The normalized spacial score (nSPS) is 14.3. The van der Waals surface area contributed by atoms with E-state index >= 15 is 0 Å². The SMILES string of the molecule is Cc1cc([N+](=O)[O-])ccc1NC(=O)[C@@H](C)Sc1nc2sc3c(c2c(=O)[nH]1)CCCC3. The number of amides is 1. The highest BCUT2D eigenvalue weighted by atomic mass is 32.2. The summed E-state index contributed by atoms with van der Waals surface area (Å²) in [5, 5.41) is 14.2. The number of aryl methyl sites for hydroxylation is 3. The molecule has 0 fully saturated rings. The number of thioether (sulfide) groups is 1. The van der Waals surface area contributed by atoms with Crippen LogP contribution in [0, 0.1) is 17.0 Å². The Morgan fingerprint density at radius 1 is 1.37 bits per heavy atom. The third kappa shape index (κ3) is 3.97. The zero-order valence-corrected chi connectivity index (χ0v) is 18.1. The molecule has 4 rings (SSSR count). The number of thiophene rings is 1. The molecule has 0 aliphatic heterocycles. The van der Waals surface area contributed by atoms with Gasteiger partial charge in [-0.25, -0.2) is 4.98 Å². The van der Waals surface area contributed by atoms with Gasteiger partial charge in [0, 0.05) is 22.7 Å². The highest BCUT2D eigenvalue weighted by Gasteiger charge is 2.22. The molecule has 8 nitrogen and oxygen atoms in total. The Morgan fingerprint density at radius 3 is 2.87 bits per heavy atom. The number of carbonyl (C=O) groups is 1. The van der Waals surface area contributed by atoms with E-state index in [1.165, 1.54) is 34.8 Å². The van der Waals surface area contributed by atoms with Gasteiger partial charge in [-0.2, -0.15) is 0 Å². The van der Waals surface area contributed by atoms with Crippen molar-refractivity contribution in [3.63, 3.8) is 0 Å². The molecule has 0 radical (unpaired) electrons. The van der Waals surface area contributed by atoms with Gasteiger partial charge in [0.25, 0.3) is 11.2 Å². The Hall–Kier alpha value is -2.72. The van der Waals surface area contributed by atoms with Crippen LogP contribution >= 0.6 is 23.1 Å². The number of rotatable bonds is 5. The van der Waals surface area contributed by atoms with E-state index in [0.29, 0.717) is 21.8 Å². The summed E-state index contributed by atoms with van der Waals surface area (Å²) in [6, 6.07) is 4.29. The predicted molar refractivity (Wildman–Crippen MR) is 119 cm³/mol. The Labute approximate surface area is 180 Å². The number of fused-ring (bicyclic) bond motifs is 3. The van der Waals surface area contributed by atoms with Gasteiger partial charge in [-0.3, -0.25) is 19.7 Å². The van der Waals surface area contributed by atoms with E-state index in [1.807, 2.05) is 0 Å². The minimum Gasteiger partial charge on any atom is -0.325 e. The first-order chi connectivity index (χ1) is 14.3. The molecule has 1 aliphatic carbocycles. The summed E-state index contributed by atoms with van der Waals surface area (Å²) in [6.45, 7) is 3.43. The summed E-state index contributed by atoms with van der Waals surface area (Å²) in [5.74, 6) is -0.273. The second kappa shape index (κ2) is 8.19. The lowest BCUT2D eigenvalue weighted by Crippen LogP contribution is -2.23. The van der Waals surface area contributed by atoms with Crippen molar-refractivity contribution < 1.29 is 9.72 Å². The maximum atomic E-state index is 12.6. The smallest absolute Gasteiger partial charge is 0.269 e. The number of H-pyrrole nitrogens is 1. The van der Waals surface area contributed by atoms with Crippen molar-refractivity contribution in [1.29, 1.82) is 0 Å². The van der Waals surface area contributed by atoms with E-state index in [0.717, 1.165) is 36.1 Å². The highest BCUT2D eigenvalue weighted by Crippen LogP contribution is 2.34. The molecule has 10 heteroatoms. The van der Waals surface area contributed by atoms with E-state index in [4.69, 9.17) is 0 Å². The van der Waals surface area contributed by atoms with Crippen LogP contribution in [0.2, 0.25) is 0 Å². The largest absolute Gasteiger partial charge is 0.325 e. The molecular formula is C20H20N4O4S2. The first-order valence-corrected chi connectivity index (χ1v) is 11.3. The molecule has 1 aromatic carbocycles. The van der Waals surface area contributed by atoms with Gasteiger partial charge < -0.3 is 10.3 Å². The van der Waals surface area contributed by atoms with E-state index in [1.54, 1.807) is 25.2 Å². The van der Waals surface area contributed by atoms with Crippen LogP contribution in [0.15, 0.2) is 28.2 Å². The number of benzene rings is 1. The monoisotopic (exact) mass is 444 g/mol. The van der Waals surface area contributed by atoms with Crippen LogP contribution in [-0.2, 0) is 17.6 Å². The number of nitro groups is 1. The molecule has 1 amide bonds. The van der Waals surface area contributed by atoms with Crippen LogP contribution in [0.25, 0.3) is 10.2 Å². The molecular weight excluding hydrogens is 424 g/mol. The standard InChI is InChI=1S/C20H20N4O4S2/c1-10-9-12(24(27)28)7-8-14(10)21-17(25)11(2)29-20-22-18(26)16-13-5-3-4-6-15(13)30-19(16)23-20/h7-9,11H,3-6H2,1-2H3,(H,21,25)(H,22,23,26)/t11-/m1/s1. The van der Waals surface area contributed by atoms with Gasteiger partial charge in [0.15, 0.2) is 5.16 Å². The lowest BCUT2D eigenvalue weighted by atomic mass is 9.97. The number of hydrogen-bond donors (Lipinski definition) is 2. The number of nitro benzene ring substituents is 1. The van der Waals surface area contributed by atoms with Crippen LogP contribution in [0.5, 0.6) is 0 Å². The van der Waals surface area contributed by atoms with Gasteiger partial charge in [0.2, 0.25) is 5.91 Å². The molecule has 2 N–H and O–H groups in total. The zero-order valence-electron chi connectivity index (χ0n) is 16.5. The number of aromatic amines is 1. The number of anilines is 1. The van der Waals surface area contributed by atoms with Crippen molar-refractivity contribution in [1.82, 2.24) is 9.97 Å². The zero-order chi connectivity index (χ0) is 21.4. The first kappa shape index (κ1) is 20.5. The molecule has 156 valence electrons. The lowest BCUT2D eigenvalue weighted by Gasteiger charge is -2.13. The Balaban J connectivity index is 1.51. The Bertz CT molecular complexity index is 1220. The van der Waals surface area contributed by atoms with Crippen molar-refractivity contribution in [2.75, 3.05) is 5.32 Å². The van der Waals surface area contributed by atoms with Gasteiger partial charge in [0.05, 0.1) is 15.6 Å². The maximum Gasteiger partial charge on any atom is 0.269 e. The van der Waals surface area contributed by atoms with Gasteiger partial charge in [-0.05, 0) is 56.7 Å². The van der Waals surface area contributed by atoms with Gasteiger partial charge in [-0.1, -0.05) is 11.8 Å². The second-order valence-electron chi connectivity index (χ2n) is 7.27. The lowest BCUT2D eigenvalue weighted by molar-refractivity contribution is -0.384. The van der Waals surface area contributed by atoms with Crippen LogP contribution in [0.3, 0.4) is 0 Å². The molecule has 2 aromatic heterocycles. The third-order valence-electron chi connectivity index (χ3n) is 5.14. The fraction of sp³-hybridized carbons (Fsp3) is 0.350. The van der Waals surface area contributed by atoms with Gasteiger partial charge in [0.1, 0.15) is 4.83 Å². The number of carbonyl (C=O) groups excluding carboxylic acids is 1. The number of nitrogens with one attached hydrogen (secondary N) is 2. The van der Waals surface area contributed by atoms with Crippen molar-refractivity contribution >= 4 is 50.6 Å². The van der Waals surface area contributed by atoms with Crippen LogP contribution in [0.1, 0.15) is 35.8 Å². The van der Waals surface area contributed by atoms with E-state index in [9.17, 15) is 19.7 Å². The molecule has 30 heavy (non-hydrogen) atoms. The highest BCUT2D eigenvalue weighted by molar-refractivity contribution is 8.00. The van der Waals surface area contributed by atoms with E-state index in [-0.39, 0.29) is 17.2 Å². The van der Waals surface area contributed by atoms with Gasteiger partial charge in [-0.15, -0.1) is 11.3 Å². The molecule has 1 aliphatic rings. The summed E-state index contributed by atoms with van der Waals surface area (Å²) in [6.07, 6.45) is 4.14. The van der Waals surface area contributed by atoms with Crippen molar-refractivity contribution in [3.05, 3.63) is 54.7 Å². The molecule has 0 saturated carbocycles. The quantitative estimate of drug-likeness (QED) is 0.264. The molecule has 0 unspecified atom stereocenters. The Morgan fingerprint density at radius 2 is 2.13 bits per heavy atom. The van der Waals surface area contributed by atoms with Crippen molar-refractivity contribution in [2.45, 2.75) is 49.9 Å². The molecule has 0 bridgehead atoms. The molecule has 0 spiro atoms. The minimum atomic E-state index is -0.519. The fourth-order valence-electron chi connectivity index (χ4n) is 3.56. The summed E-state index contributed by atoms with van der Waals surface area (Å²) in [7, 11) is 0. The summed E-state index contributed by atoms with van der Waals surface area (Å²) in [5.41, 5.74) is 2.07. The Kier molecular flexibility index (Phi) is 5.61. The van der Waals surface area contributed by atoms with E-state index in [2.05, 4.69) is 15.3 Å². The minimum absolute atomic E-state index is 0.0263.